The number of carbonyl (C=O) groups is 1. The number of allylic oxidation sites excluding steroid dienone is 1. The summed E-state index contributed by atoms with van der Waals surface area (Å²) >= 11 is 0. The van der Waals surface area contributed by atoms with E-state index < -0.39 is 11.9 Å². The second-order valence-electron chi connectivity index (χ2n) is 10.7. The highest BCUT2D eigenvalue weighted by atomic mass is 16.5. The standard InChI is InChI=1S/C33H36N2O5/c1-6-8-17-38-27-16-11-22(18-29(27)37-7-2)30-25-15-14-24(19-28(25)40-31(35)26(30)20-34)39-32(36)21-9-12-23(13-10-21)33(3,4)5/h9-16,18-19,30H,6-8,17,35H2,1-5H3. The van der Waals surface area contributed by atoms with E-state index in [2.05, 4.69) is 33.8 Å². The second-order valence-corrected chi connectivity index (χ2v) is 10.7. The van der Waals surface area contributed by atoms with Crippen LogP contribution in [0.15, 0.2) is 72.1 Å². The molecule has 208 valence electrons. The largest absolute Gasteiger partial charge is 0.490 e. The Hall–Kier alpha value is -4.44. The number of benzene rings is 3. The van der Waals surface area contributed by atoms with Crippen LogP contribution in [0.5, 0.6) is 23.0 Å². The lowest BCUT2D eigenvalue weighted by molar-refractivity contribution is 0.0734. The number of fused-ring (bicyclic) bond motifs is 1. The van der Waals surface area contributed by atoms with Gasteiger partial charge < -0.3 is 24.7 Å². The lowest BCUT2D eigenvalue weighted by atomic mass is 9.83. The van der Waals surface area contributed by atoms with Crippen LogP contribution >= 0.6 is 0 Å². The van der Waals surface area contributed by atoms with Crippen LogP contribution < -0.4 is 24.7 Å². The zero-order chi connectivity index (χ0) is 28.9. The first kappa shape index (κ1) is 28.6. The van der Waals surface area contributed by atoms with E-state index in [4.69, 9.17) is 24.7 Å². The van der Waals surface area contributed by atoms with E-state index in [1.807, 2.05) is 37.3 Å². The van der Waals surface area contributed by atoms with Gasteiger partial charge in [-0.05, 0) is 60.2 Å². The molecule has 0 saturated carbocycles. The Bertz CT molecular complexity index is 1450. The molecule has 3 aromatic carbocycles. The minimum absolute atomic E-state index is 0.00229. The number of unbranched alkanes of at least 4 members (excludes halogenated alkanes) is 1. The predicted molar refractivity (Wildman–Crippen MR) is 154 cm³/mol. The Kier molecular flexibility index (Phi) is 8.69. The van der Waals surface area contributed by atoms with Crippen LogP contribution in [0.1, 0.15) is 80.4 Å². The molecule has 3 aromatic rings. The van der Waals surface area contributed by atoms with Crippen molar-refractivity contribution in [3.05, 3.63) is 94.4 Å². The number of nitrogens with zero attached hydrogens (tertiary/aromatic N) is 1. The van der Waals surface area contributed by atoms with E-state index in [-0.39, 0.29) is 11.3 Å². The Morgan fingerprint density at radius 1 is 1.00 bits per heavy atom. The lowest BCUT2D eigenvalue weighted by Gasteiger charge is -2.27. The summed E-state index contributed by atoms with van der Waals surface area (Å²) in [6.07, 6.45) is 1.96. The number of hydrogen-bond acceptors (Lipinski definition) is 7. The molecule has 0 aromatic heterocycles. The van der Waals surface area contributed by atoms with E-state index in [0.29, 0.717) is 47.3 Å². The summed E-state index contributed by atoms with van der Waals surface area (Å²) in [5, 5.41) is 9.97. The van der Waals surface area contributed by atoms with Crippen molar-refractivity contribution in [1.82, 2.24) is 0 Å². The molecule has 4 rings (SSSR count). The molecule has 7 nitrogen and oxygen atoms in total. The van der Waals surface area contributed by atoms with Crippen molar-refractivity contribution >= 4 is 5.97 Å². The average Bonchev–Trinajstić information content (AvgIpc) is 2.93. The Labute approximate surface area is 236 Å². The number of carbonyl (C=O) groups excluding carboxylic acids is 1. The molecule has 2 N–H and O–H groups in total. The van der Waals surface area contributed by atoms with Crippen LogP contribution in [0.3, 0.4) is 0 Å². The van der Waals surface area contributed by atoms with Crippen molar-refractivity contribution in [2.45, 2.75) is 58.8 Å². The van der Waals surface area contributed by atoms with Gasteiger partial charge in [0.1, 0.15) is 23.1 Å². The highest BCUT2D eigenvalue weighted by Crippen LogP contribution is 2.45. The van der Waals surface area contributed by atoms with Crippen LogP contribution in [-0.2, 0) is 5.41 Å². The fourth-order valence-electron chi connectivity index (χ4n) is 4.53. The van der Waals surface area contributed by atoms with Gasteiger partial charge in [0, 0.05) is 11.6 Å². The molecule has 1 aliphatic heterocycles. The third-order valence-electron chi connectivity index (χ3n) is 6.74. The number of nitriles is 1. The molecule has 40 heavy (non-hydrogen) atoms. The van der Waals surface area contributed by atoms with Gasteiger partial charge in [-0.3, -0.25) is 0 Å². The van der Waals surface area contributed by atoms with E-state index >= 15 is 0 Å². The molecule has 0 saturated heterocycles. The van der Waals surface area contributed by atoms with Crippen LogP contribution in [-0.4, -0.2) is 19.2 Å². The molecular weight excluding hydrogens is 504 g/mol. The quantitative estimate of drug-likeness (QED) is 0.177. The third-order valence-corrected chi connectivity index (χ3v) is 6.74. The monoisotopic (exact) mass is 540 g/mol. The number of esters is 1. The summed E-state index contributed by atoms with van der Waals surface area (Å²) in [6.45, 7) is 11.4. The maximum atomic E-state index is 12.9. The van der Waals surface area contributed by atoms with Gasteiger partial charge in [-0.1, -0.05) is 58.4 Å². The SMILES string of the molecule is CCCCOc1ccc(C2C(C#N)=C(N)Oc3cc(OC(=O)c4ccc(C(C)(C)C)cc4)ccc32)cc1OCC. The summed E-state index contributed by atoms with van der Waals surface area (Å²) in [5.74, 6) is 1.01. The lowest BCUT2D eigenvalue weighted by Crippen LogP contribution is -2.21. The van der Waals surface area contributed by atoms with Crippen molar-refractivity contribution in [2.24, 2.45) is 5.73 Å². The molecule has 0 fully saturated rings. The van der Waals surface area contributed by atoms with Gasteiger partial charge in [0.05, 0.1) is 24.7 Å². The first-order valence-corrected chi connectivity index (χ1v) is 13.6. The number of ether oxygens (including phenoxy) is 4. The summed E-state index contributed by atoms with van der Waals surface area (Å²) in [4.78, 5) is 12.9. The minimum Gasteiger partial charge on any atom is -0.490 e. The molecule has 1 unspecified atom stereocenters. The minimum atomic E-state index is -0.493. The van der Waals surface area contributed by atoms with Crippen LogP contribution in [0, 0.1) is 11.3 Å². The zero-order valence-electron chi connectivity index (χ0n) is 23.7. The van der Waals surface area contributed by atoms with Gasteiger partial charge in [-0.15, -0.1) is 0 Å². The van der Waals surface area contributed by atoms with Crippen LogP contribution in [0.25, 0.3) is 0 Å². The van der Waals surface area contributed by atoms with Gasteiger partial charge in [-0.25, -0.2) is 4.79 Å². The van der Waals surface area contributed by atoms with Gasteiger partial charge in [-0.2, -0.15) is 5.26 Å². The van der Waals surface area contributed by atoms with Crippen LogP contribution in [0.2, 0.25) is 0 Å². The van der Waals surface area contributed by atoms with E-state index in [1.54, 1.807) is 30.3 Å². The predicted octanol–water partition coefficient (Wildman–Crippen LogP) is 7.00. The maximum Gasteiger partial charge on any atom is 0.343 e. The van der Waals surface area contributed by atoms with Crippen molar-refractivity contribution < 1.29 is 23.7 Å². The molecule has 7 heteroatoms. The van der Waals surface area contributed by atoms with Crippen molar-refractivity contribution in [2.75, 3.05) is 13.2 Å². The van der Waals surface area contributed by atoms with Crippen molar-refractivity contribution in [3.8, 4) is 29.1 Å². The molecular formula is C33H36N2O5. The Morgan fingerprint density at radius 3 is 2.40 bits per heavy atom. The summed E-state index contributed by atoms with van der Waals surface area (Å²) in [6, 6.07) is 20.4. The van der Waals surface area contributed by atoms with E-state index in [9.17, 15) is 10.1 Å². The molecule has 0 spiro atoms. The maximum absolute atomic E-state index is 12.9. The molecule has 0 bridgehead atoms. The second kappa shape index (κ2) is 12.2. The summed E-state index contributed by atoms with van der Waals surface area (Å²) < 4.78 is 23.3. The number of hydrogen-bond donors (Lipinski definition) is 1. The van der Waals surface area contributed by atoms with Gasteiger partial charge in [0.15, 0.2) is 11.5 Å². The smallest absolute Gasteiger partial charge is 0.343 e. The fourth-order valence-corrected chi connectivity index (χ4v) is 4.53. The first-order valence-electron chi connectivity index (χ1n) is 13.6. The Balaban J connectivity index is 1.63. The first-order chi connectivity index (χ1) is 19.2. The van der Waals surface area contributed by atoms with Gasteiger partial charge >= 0.3 is 5.97 Å². The highest BCUT2D eigenvalue weighted by molar-refractivity contribution is 5.91. The highest BCUT2D eigenvalue weighted by Gasteiger charge is 2.32. The summed E-state index contributed by atoms with van der Waals surface area (Å²) in [5.41, 5.74) is 9.57. The van der Waals surface area contributed by atoms with E-state index in [1.165, 1.54) is 0 Å². The topological polar surface area (TPSA) is 104 Å². The third kappa shape index (κ3) is 6.23. The molecule has 1 heterocycles. The molecule has 0 aliphatic carbocycles. The fraction of sp³-hybridized carbons (Fsp3) is 0.333. The molecule has 1 atom stereocenters. The number of nitrogens with two attached hydrogens (primary N) is 1. The molecule has 0 amide bonds. The molecule has 0 radical (unpaired) electrons. The normalized spacial score (nSPS) is 14.6. The number of rotatable bonds is 9. The van der Waals surface area contributed by atoms with Crippen molar-refractivity contribution in [3.63, 3.8) is 0 Å². The van der Waals surface area contributed by atoms with Crippen LogP contribution in [0.4, 0.5) is 0 Å². The Morgan fingerprint density at radius 2 is 1.75 bits per heavy atom. The van der Waals surface area contributed by atoms with Gasteiger partial charge in [0.25, 0.3) is 0 Å². The summed E-state index contributed by atoms with van der Waals surface area (Å²) in [7, 11) is 0. The average molecular weight is 541 g/mol. The van der Waals surface area contributed by atoms with E-state index in [0.717, 1.165) is 29.5 Å². The molecule has 1 aliphatic rings. The zero-order valence-corrected chi connectivity index (χ0v) is 23.7. The van der Waals surface area contributed by atoms with Gasteiger partial charge in [0.2, 0.25) is 5.88 Å². The van der Waals surface area contributed by atoms with Crippen molar-refractivity contribution in [1.29, 1.82) is 5.26 Å².